The fraction of sp³-hybridized carbons (Fsp3) is 0.143. The molecule has 0 saturated carbocycles. The van der Waals surface area contributed by atoms with Crippen LogP contribution >= 0.6 is 24.8 Å². The van der Waals surface area contributed by atoms with Crippen molar-refractivity contribution in [1.29, 1.82) is 0 Å². The van der Waals surface area contributed by atoms with Crippen molar-refractivity contribution < 1.29 is 17.9 Å². The van der Waals surface area contributed by atoms with E-state index in [1.54, 1.807) is 17.7 Å². The van der Waals surface area contributed by atoms with Gasteiger partial charge in [0.15, 0.2) is 0 Å². The molecule has 0 N–H and O–H groups in total. The zero-order valence-corrected chi connectivity index (χ0v) is 24.9. The molecule has 4 aromatic carbocycles. The molecular weight excluding hydrogens is 527 g/mol. The van der Waals surface area contributed by atoms with Gasteiger partial charge in [-0.25, -0.2) is 0 Å². The SMILES string of the molecule is Cl.Cl.[CH3][Zr]([CH3])([SiH3])([c]1cccc2c1Cc1ccccc1-2)[c]1cccc2c1Cc1ccccc1-2. The molecule has 0 amide bonds. The summed E-state index contributed by atoms with van der Waals surface area (Å²) in [5, 5.41) is 0. The van der Waals surface area contributed by atoms with Crippen molar-refractivity contribution >= 4 is 38.7 Å². The van der Waals surface area contributed by atoms with Gasteiger partial charge >= 0.3 is 183 Å². The Morgan fingerprint density at radius 2 is 0.906 bits per heavy atom. The van der Waals surface area contributed by atoms with E-state index in [1.807, 2.05) is 0 Å². The summed E-state index contributed by atoms with van der Waals surface area (Å²) in [5.74, 6) is 0. The molecule has 0 atom stereocenters. The van der Waals surface area contributed by atoms with Crippen LogP contribution in [0, 0.1) is 0 Å². The van der Waals surface area contributed by atoms with E-state index in [-0.39, 0.29) is 24.8 Å². The Morgan fingerprint density at radius 1 is 0.531 bits per heavy atom. The fourth-order valence-electron chi connectivity index (χ4n) is 6.10. The van der Waals surface area contributed by atoms with Gasteiger partial charge in [-0.2, -0.15) is 0 Å². The quantitative estimate of drug-likeness (QED) is 0.241. The summed E-state index contributed by atoms with van der Waals surface area (Å²) in [5.41, 5.74) is 12.1. The normalized spacial score (nSPS) is 14.1. The van der Waals surface area contributed by atoms with Gasteiger partial charge in [0.25, 0.3) is 0 Å². The number of hydrogen-bond acceptors (Lipinski definition) is 0. The monoisotopic (exact) mass is 553 g/mol. The van der Waals surface area contributed by atoms with Crippen LogP contribution < -0.4 is 6.54 Å². The molecule has 32 heavy (non-hydrogen) atoms. The third-order valence-corrected chi connectivity index (χ3v) is 25.5. The Morgan fingerprint density at radius 3 is 1.34 bits per heavy atom. The molecule has 2 aliphatic rings. The first-order valence-corrected chi connectivity index (χ1v) is 26.8. The van der Waals surface area contributed by atoms with Gasteiger partial charge in [0, 0.05) is 0 Å². The molecule has 0 radical (unpaired) electrons. The van der Waals surface area contributed by atoms with E-state index >= 15 is 0 Å². The number of hydrogen-bond donors (Lipinski definition) is 0. The van der Waals surface area contributed by atoms with Crippen LogP contribution in [0.4, 0.5) is 0 Å². The Hall–Kier alpha value is -1.44. The predicted octanol–water partition coefficient (Wildman–Crippen LogP) is 5.69. The van der Waals surface area contributed by atoms with Gasteiger partial charge in [-0.1, -0.05) is 0 Å². The second kappa shape index (κ2) is 8.10. The molecule has 0 aromatic heterocycles. The van der Waals surface area contributed by atoms with Crippen LogP contribution in [0.2, 0.25) is 9.26 Å². The topological polar surface area (TPSA) is 0 Å². The molecule has 4 aromatic rings. The number of rotatable bonds is 2. The zero-order chi connectivity index (χ0) is 20.5. The second-order valence-corrected chi connectivity index (χ2v) is 46.2. The summed E-state index contributed by atoms with van der Waals surface area (Å²) in [4.78, 5) is 0. The number of benzene rings is 4. The maximum atomic E-state index is 2.70. The van der Waals surface area contributed by atoms with Crippen LogP contribution in [-0.2, 0) is 30.8 Å². The van der Waals surface area contributed by atoms with Gasteiger partial charge in [0.2, 0.25) is 0 Å². The Labute approximate surface area is 206 Å². The van der Waals surface area contributed by atoms with Crippen molar-refractivity contribution in [3.63, 3.8) is 0 Å². The van der Waals surface area contributed by atoms with Crippen molar-refractivity contribution in [2.45, 2.75) is 22.1 Å². The van der Waals surface area contributed by atoms with Gasteiger partial charge in [-0.05, 0) is 0 Å². The van der Waals surface area contributed by atoms with Crippen molar-refractivity contribution in [3.8, 4) is 22.3 Å². The summed E-state index contributed by atoms with van der Waals surface area (Å²) in [7, 11) is 1.25. The average molecular weight is 556 g/mol. The Kier molecular flexibility index (Phi) is 6.00. The van der Waals surface area contributed by atoms with Crippen LogP contribution in [-0.4, -0.2) is 7.37 Å². The summed E-state index contributed by atoms with van der Waals surface area (Å²) in [6.45, 7) is 0. The van der Waals surface area contributed by atoms with Gasteiger partial charge < -0.3 is 0 Å². The van der Waals surface area contributed by atoms with Crippen LogP contribution in [0.15, 0.2) is 84.9 Å². The molecule has 0 unspecified atom stereocenters. The van der Waals surface area contributed by atoms with E-state index in [0.29, 0.717) is 0 Å². The fourth-order valence-corrected chi connectivity index (χ4v) is 22.0. The van der Waals surface area contributed by atoms with Crippen molar-refractivity contribution in [2.75, 3.05) is 0 Å². The van der Waals surface area contributed by atoms with Gasteiger partial charge in [-0.3, -0.25) is 0 Å². The molecule has 0 bridgehead atoms. The first-order valence-electron chi connectivity index (χ1n) is 11.1. The summed E-state index contributed by atoms with van der Waals surface area (Å²) in [6, 6.07) is 32.3. The van der Waals surface area contributed by atoms with Crippen LogP contribution in [0.25, 0.3) is 22.3 Å². The number of fused-ring (bicyclic) bond motifs is 6. The van der Waals surface area contributed by atoms with E-state index in [2.05, 4.69) is 94.2 Å². The summed E-state index contributed by atoms with van der Waals surface area (Å²) < 4.78 is 8.84. The van der Waals surface area contributed by atoms with E-state index < -0.39 is 17.9 Å². The third kappa shape index (κ3) is 3.34. The van der Waals surface area contributed by atoms with Crippen LogP contribution in [0.5, 0.6) is 0 Å². The Balaban J connectivity index is 0.00000122. The molecule has 4 heteroatoms. The first-order chi connectivity index (χ1) is 14.4. The molecule has 0 aliphatic heterocycles. The molecule has 2 aliphatic carbocycles. The molecule has 0 nitrogen and oxygen atoms in total. The predicted molar refractivity (Wildman–Crippen MR) is 145 cm³/mol. The van der Waals surface area contributed by atoms with E-state index in [0.717, 1.165) is 12.8 Å². The van der Waals surface area contributed by atoms with Crippen LogP contribution in [0.1, 0.15) is 22.3 Å². The number of halogens is 2. The standard InChI is InChI=1S/2C13H9.2CH3.2ClH.H3Si.Zr/c2*1-3-7-12-10(5-1)9-11-6-2-4-8-13(11)12;;;;;;/h2*1-5,7-8H,9H2;2*1H3;2*1H;1H3;. The summed E-state index contributed by atoms with van der Waals surface area (Å²) in [6.07, 6.45) is 2.20. The van der Waals surface area contributed by atoms with Crippen molar-refractivity contribution in [3.05, 3.63) is 107 Å². The zero-order valence-electron chi connectivity index (χ0n) is 18.8. The second-order valence-electron chi connectivity index (χ2n) is 10.5. The third-order valence-electron chi connectivity index (χ3n) is 7.59. The van der Waals surface area contributed by atoms with Gasteiger partial charge in [0.05, 0.1) is 0 Å². The molecule has 0 saturated heterocycles. The first kappa shape index (κ1) is 23.7. The van der Waals surface area contributed by atoms with E-state index in [1.165, 1.54) is 40.7 Å². The van der Waals surface area contributed by atoms with Crippen LogP contribution in [0.3, 0.4) is 0 Å². The molecule has 0 spiro atoms. The molecular formula is C28H29Cl2SiZr. The molecule has 0 heterocycles. The van der Waals surface area contributed by atoms with Gasteiger partial charge in [-0.15, -0.1) is 24.8 Å². The minimum atomic E-state index is -3.32. The molecule has 163 valence electrons. The minimum absolute atomic E-state index is 0. The summed E-state index contributed by atoms with van der Waals surface area (Å²) >= 11 is -3.32. The maximum absolute atomic E-state index is 3.32. The van der Waals surface area contributed by atoms with Gasteiger partial charge in [0.1, 0.15) is 0 Å². The van der Waals surface area contributed by atoms with Crippen molar-refractivity contribution in [1.82, 2.24) is 0 Å². The van der Waals surface area contributed by atoms with E-state index in [9.17, 15) is 0 Å². The van der Waals surface area contributed by atoms with E-state index in [4.69, 9.17) is 0 Å². The van der Waals surface area contributed by atoms with Crippen molar-refractivity contribution in [2.24, 2.45) is 0 Å². The average Bonchev–Trinajstić information content (AvgIpc) is 3.31. The molecule has 0 fully saturated rings. The molecule has 6 rings (SSSR count). The Bertz CT molecular complexity index is 1250.